The van der Waals surface area contributed by atoms with Gasteiger partial charge in [-0.25, -0.2) is 0 Å². The Morgan fingerprint density at radius 2 is 1.81 bits per heavy atom. The summed E-state index contributed by atoms with van der Waals surface area (Å²) in [6.07, 6.45) is 6.31. The number of carbonyl (C=O) groups excluding carboxylic acids is 2. The summed E-state index contributed by atoms with van der Waals surface area (Å²) in [6, 6.07) is -0.917. The van der Waals surface area contributed by atoms with Crippen LogP contribution < -0.4 is 5.32 Å². The van der Waals surface area contributed by atoms with Crippen molar-refractivity contribution in [1.29, 1.82) is 0 Å². The van der Waals surface area contributed by atoms with E-state index in [1.165, 1.54) is 31.8 Å². The number of aliphatic hydroxyl groups is 3. The smallest absolute Gasteiger partial charge is 0.244 e. The predicted octanol–water partition coefficient (Wildman–Crippen LogP) is 2.58. The maximum atomic E-state index is 12.4. The zero-order chi connectivity index (χ0) is 24.1. The number of unbranched alkanes of at least 4 members (excludes halogenated alkanes) is 3. The molecule has 1 heterocycles. The third kappa shape index (κ3) is 6.33. The molecule has 0 aromatic rings. The third-order valence-electron chi connectivity index (χ3n) is 6.21. The van der Waals surface area contributed by atoms with Gasteiger partial charge < -0.3 is 25.4 Å². The monoisotopic (exact) mass is 491 g/mol. The van der Waals surface area contributed by atoms with Crippen molar-refractivity contribution in [3.05, 3.63) is 23.8 Å². The maximum Gasteiger partial charge on any atom is 0.244 e. The van der Waals surface area contributed by atoms with Crippen LogP contribution in [-0.2, 0) is 14.3 Å². The number of hydrogen-bond acceptors (Lipinski definition) is 6. The molecule has 7 nitrogen and oxygen atoms in total. The molecule has 1 saturated carbocycles. The van der Waals surface area contributed by atoms with Gasteiger partial charge in [0.15, 0.2) is 12.1 Å². The first-order chi connectivity index (χ1) is 15.0. The van der Waals surface area contributed by atoms with Crippen LogP contribution in [0.25, 0.3) is 0 Å². The van der Waals surface area contributed by atoms with E-state index < -0.39 is 52.6 Å². The fourth-order valence-corrected chi connectivity index (χ4v) is 5.12. The van der Waals surface area contributed by atoms with Crippen LogP contribution >= 0.6 is 23.2 Å². The van der Waals surface area contributed by atoms with E-state index in [1.54, 1.807) is 6.08 Å². The molecule has 0 aromatic heterocycles. The summed E-state index contributed by atoms with van der Waals surface area (Å²) in [5.41, 5.74) is -0.800. The summed E-state index contributed by atoms with van der Waals surface area (Å²) >= 11 is 11.9. The number of hydrogen-bond donors (Lipinski definition) is 4. The summed E-state index contributed by atoms with van der Waals surface area (Å²) in [5, 5.41) is 31.1. The predicted molar refractivity (Wildman–Crippen MR) is 123 cm³/mol. The fourth-order valence-electron chi connectivity index (χ4n) is 4.36. The van der Waals surface area contributed by atoms with Crippen molar-refractivity contribution in [2.75, 3.05) is 0 Å². The van der Waals surface area contributed by atoms with Crippen LogP contribution in [0.1, 0.15) is 59.3 Å². The molecule has 32 heavy (non-hydrogen) atoms. The van der Waals surface area contributed by atoms with Gasteiger partial charge in [0.2, 0.25) is 5.91 Å². The molecular formula is C23H35Cl2NO6. The van der Waals surface area contributed by atoms with Gasteiger partial charge in [-0.2, -0.15) is 0 Å². The molecule has 7 unspecified atom stereocenters. The minimum absolute atomic E-state index is 0.153. The van der Waals surface area contributed by atoms with Crippen LogP contribution in [0.15, 0.2) is 23.8 Å². The summed E-state index contributed by atoms with van der Waals surface area (Å²) < 4.78 is 5.43. The van der Waals surface area contributed by atoms with Crippen molar-refractivity contribution in [2.45, 2.75) is 100 Å². The molecule has 2 aliphatic rings. The number of alkyl halides is 2. The van der Waals surface area contributed by atoms with Crippen molar-refractivity contribution >= 4 is 34.9 Å². The van der Waals surface area contributed by atoms with Gasteiger partial charge in [-0.1, -0.05) is 57.3 Å². The number of aliphatic hydroxyl groups excluding tert-OH is 3. The van der Waals surface area contributed by atoms with Crippen LogP contribution in [0, 0.1) is 5.92 Å². The van der Waals surface area contributed by atoms with Crippen LogP contribution in [0.5, 0.6) is 0 Å². The average molecular weight is 492 g/mol. The van der Waals surface area contributed by atoms with Gasteiger partial charge in [0.25, 0.3) is 0 Å². The second-order valence-electron chi connectivity index (χ2n) is 8.95. The number of ether oxygens (including phenoxy) is 1. The summed E-state index contributed by atoms with van der Waals surface area (Å²) in [6.45, 7) is 6.25. The van der Waals surface area contributed by atoms with Gasteiger partial charge in [0.05, 0.1) is 6.04 Å². The highest BCUT2D eigenvalue weighted by Gasteiger charge is 2.64. The second-order valence-corrected chi connectivity index (χ2v) is 9.89. The number of nitrogens with one attached hydrogen (secondary N) is 1. The van der Waals surface area contributed by atoms with Crippen molar-refractivity contribution in [2.24, 2.45) is 5.92 Å². The quantitative estimate of drug-likeness (QED) is 0.170. The van der Waals surface area contributed by atoms with Gasteiger partial charge in [0.1, 0.15) is 28.6 Å². The molecule has 1 amide bonds. The largest absolute Gasteiger partial charge is 0.388 e. The van der Waals surface area contributed by atoms with E-state index in [9.17, 15) is 24.9 Å². The molecule has 0 aromatic carbocycles. The highest BCUT2D eigenvalue weighted by Crippen LogP contribution is 2.44. The number of ketones is 1. The highest BCUT2D eigenvalue weighted by atomic mass is 35.5. The van der Waals surface area contributed by atoms with E-state index in [2.05, 4.69) is 25.2 Å². The molecular weight excluding hydrogens is 457 g/mol. The van der Waals surface area contributed by atoms with Gasteiger partial charge >= 0.3 is 0 Å². The molecule has 9 heteroatoms. The van der Waals surface area contributed by atoms with Crippen molar-refractivity contribution < 1.29 is 29.6 Å². The van der Waals surface area contributed by atoms with Crippen molar-refractivity contribution in [3.8, 4) is 0 Å². The molecule has 1 saturated heterocycles. The minimum Gasteiger partial charge on any atom is -0.388 e. The Hall–Kier alpha value is -0.960. The molecule has 2 fully saturated rings. The highest BCUT2D eigenvalue weighted by molar-refractivity contribution is 6.41. The van der Waals surface area contributed by atoms with E-state index in [4.69, 9.17) is 27.9 Å². The first-order valence-electron chi connectivity index (χ1n) is 11.2. The number of carbonyl (C=O) groups is 2. The molecule has 1 aliphatic heterocycles. The molecule has 4 N–H and O–H groups in total. The van der Waals surface area contributed by atoms with Crippen molar-refractivity contribution in [3.63, 3.8) is 0 Å². The lowest BCUT2D eigenvalue weighted by Gasteiger charge is -2.44. The molecule has 0 bridgehead atoms. The topological polar surface area (TPSA) is 116 Å². The standard InChI is InChI=1S/C23H35Cl2NO6/c1-4-5-6-7-8-13(2)11-14(3)9-10-16(27)26-15-12-23(32-22(15)31)20(29)17(24)19(28)18(25)21(23)30/h9-11,13,15,17-18,20-22,29-31H,4-8,12H2,1-3H3,(H,26,27). The van der Waals surface area contributed by atoms with Crippen LogP contribution in [0.4, 0.5) is 0 Å². The first kappa shape index (κ1) is 27.3. The minimum atomic E-state index is -1.75. The number of allylic oxidation sites excluding steroid dienone is 3. The lowest BCUT2D eigenvalue weighted by Crippen LogP contribution is -2.67. The summed E-state index contributed by atoms with van der Waals surface area (Å²) in [4.78, 5) is 24.3. The Kier molecular flexibility index (Phi) is 10.2. The Bertz CT molecular complexity index is 709. The maximum absolute atomic E-state index is 12.4. The SMILES string of the molecule is CCCCCCC(C)C=C(C)C=CC(=O)NC1CC2(OC1O)C(O)C(Cl)C(=O)C(Cl)C2O. The number of halogens is 2. The molecule has 1 aliphatic carbocycles. The van der Waals surface area contributed by atoms with E-state index in [-0.39, 0.29) is 6.42 Å². The van der Waals surface area contributed by atoms with Gasteiger partial charge in [0, 0.05) is 12.5 Å². The molecule has 1 spiro atoms. The first-order valence-corrected chi connectivity index (χ1v) is 12.1. The molecule has 182 valence electrons. The van der Waals surface area contributed by atoms with Gasteiger partial charge in [-0.3, -0.25) is 9.59 Å². The lowest BCUT2D eigenvalue weighted by atomic mass is 9.76. The van der Waals surface area contributed by atoms with E-state index in [1.807, 2.05) is 6.92 Å². The van der Waals surface area contributed by atoms with E-state index in [0.717, 1.165) is 12.0 Å². The van der Waals surface area contributed by atoms with Gasteiger partial charge in [-0.15, -0.1) is 23.2 Å². The van der Waals surface area contributed by atoms with Crippen LogP contribution in [0.2, 0.25) is 0 Å². The van der Waals surface area contributed by atoms with Crippen molar-refractivity contribution in [1.82, 2.24) is 5.32 Å². The lowest BCUT2D eigenvalue weighted by molar-refractivity contribution is -0.224. The molecule has 7 atom stereocenters. The van der Waals surface area contributed by atoms with E-state index >= 15 is 0 Å². The number of rotatable bonds is 9. The van der Waals surface area contributed by atoms with Gasteiger partial charge in [-0.05, 0) is 19.3 Å². The van der Waals surface area contributed by atoms with Crippen LogP contribution in [-0.4, -0.2) is 67.9 Å². The Morgan fingerprint density at radius 3 is 2.41 bits per heavy atom. The third-order valence-corrected chi connectivity index (χ3v) is 7.12. The average Bonchev–Trinajstić information content (AvgIpc) is 3.08. The Labute approximate surface area is 199 Å². The molecule has 0 radical (unpaired) electrons. The zero-order valence-electron chi connectivity index (χ0n) is 18.8. The number of amides is 1. The summed E-state index contributed by atoms with van der Waals surface area (Å²) in [5.74, 6) is -0.762. The van der Waals surface area contributed by atoms with E-state index in [0.29, 0.717) is 5.92 Å². The Balaban J connectivity index is 1.95. The zero-order valence-corrected chi connectivity index (χ0v) is 20.4. The molecule has 2 rings (SSSR count). The second kappa shape index (κ2) is 12.0. The number of Topliss-reactive ketones (excluding diaryl/α,β-unsaturated/α-hetero) is 1. The normalized spacial score (nSPS) is 36.8. The van der Waals surface area contributed by atoms with Crippen LogP contribution in [0.3, 0.4) is 0 Å². The Morgan fingerprint density at radius 1 is 1.19 bits per heavy atom. The summed E-state index contributed by atoms with van der Waals surface area (Å²) in [7, 11) is 0. The fraction of sp³-hybridized carbons (Fsp3) is 0.739.